The zero-order valence-electron chi connectivity index (χ0n) is 10.7. The summed E-state index contributed by atoms with van der Waals surface area (Å²) < 4.78 is 5.92. The van der Waals surface area contributed by atoms with Gasteiger partial charge in [0.05, 0.1) is 0 Å². The summed E-state index contributed by atoms with van der Waals surface area (Å²) >= 11 is 1.63. The molecule has 1 heterocycles. The topological polar surface area (TPSA) is 46.5 Å². The van der Waals surface area contributed by atoms with Crippen molar-refractivity contribution in [3.63, 3.8) is 0 Å². The van der Waals surface area contributed by atoms with Crippen molar-refractivity contribution in [1.29, 1.82) is 0 Å². The Balaban J connectivity index is 2.25. The fourth-order valence-electron chi connectivity index (χ4n) is 1.90. The number of thiophene rings is 1. The molecule has 19 heavy (non-hydrogen) atoms. The lowest BCUT2D eigenvalue weighted by Crippen LogP contribution is -2.09. The molecule has 0 aliphatic carbocycles. The average Bonchev–Trinajstić information content (AvgIpc) is 2.92. The zero-order chi connectivity index (χ0) is 13.7. The molecular weight excluding hydrogens is 260 g/mol. The number of ether oxygens (including phenoxy) is 1. The number of benzene rings is 1. The molecule has 0 radical (unpaired) electrons. The minimum Gasteiger partial charge on any atom is -0.484 e. The van der Waals surface area contributed by atoms with E-state index in [2.05, 4.69) is 6.92 Å². The van der Waals surface area contributed by atoms with Gasteiger partial charge >= 0.3 is 5.97 Å². The van der Waals surface area contributed by atoms with E-state index in [9.17, 15) is 4.79 Å². The summed E-state index contributed by atoms with van der Waals surface area (Å²) in [7, 11) is 0. The van der Waals surface area contributed by atoms with Crippen LogP contribution in [0, 0.1) is 0 Å². The standard InChI is InChI=1S/C15H16O3S/c1-2-6-13(14-9-5-10-19-14)18-12-8-4-3-7-11(12)15(16)17/h3-5,7-10,13H,2,6H2,1H3,(H,16,17). The van der Waals surface area contributed by atoms with Crippen molar-refractivity contribution in [2.24, 2.45) is 0 Å². The van der Waals surface area contributed by atoms with E-state index in [0.717, 1.165) is 17.7 Å². The van der Waals surface area contributed by atoms with Crippen molar-refractivity contribution in [2.45, 2.75) is 25.9 Å². The van der Waals surface area contributed by atoms with Crippen LogP contribution in [0.5, 0.6) is 5.75 Å². The van der Waals surface area contributed by atoms with Crippen LogP contribution in [0.2, 0.25) is 0 Å². The Morgan fingerprint density at radius 1 is 1.32 bits per heavy atom. The third-order valence-corrected chi connectivity index (χ3v) is 3.76. The largest absolute Gasteiger partial charge is 0.484 e. The van der Waals surface area contributed by atoms with Crippen LogP contribution in [0.1, 0.15) is 41.1 Å². The highest BCUT2D eigenvalue weighted by molar-refractivity contribution is 7.10. The molecule has 0 bridgehead atoms. The number of hydrogen-bond donors (Lipinski definition) is 1. The van der Waals surface area contributed by atoms with Crippen LogP contribution in [0.25, 0.3) is 0 Å². The second-order valence-corrected chi connectivity index (χ2v) is 5.19. The van der Waals surface area contributed by atoms with Gasteiger partial charge in [-0.15, -0.1) is 11.3 Å². The van der Waals surface area contributed by atoms with E-state index in [1.54, 1.807) is 35.6 Å². The second-order valence-electron chi connectivity index (χ2n) is 4.21. The minimum atomic E-state index is -0.961. The van der Waals surface area contributed by atoms with E-state index >= 15 is 0 Å². The summed E-state index contributed by atoms with van der Waals surface area (Å²) in [6.07, 6.45) is 1.78. The SMILES string of the molecule is CCCC(Oc1ccccc1C(=O)O)c1cccs1. The average molecular weight is 276 g/mol. The fourth-order valence-corrected chi connectivity index (χ4v) is 2.68. The van der Waals surface area contributed by atoms with Crippen LogP contribution in [0.3, 0.4) is 0 Å². The molecule has 3 nitrogen and oxygen atoms in total. The Kier molecular flexibility index (Phi) is 4.58. The van der Waals surface area contributed by atoms with Gasteiger partial charge in [0.1, 0.15) is 17.4 Å². The molecule has 1 aromatic carbocycles. The normalized spacial score (nSPS) is 12.1. The van der Waals surface area contributed by atoms with Crippen molar-refractivity contribution < 1.29 is 14.6 Å². The maximum atomic E-state index is 11.2. The van der Waals surface area contributed by atoms with Crippen LogP contribution < -0.4 is 4.74 Å². The Labute approximate surface area is 116 Å². The van der Waals surface area contributed by atoms with Gasteiger partial charge in [-0.05, 0) is 30.0 Å². The Morgan fingerprint density at radius 3 is 2.74 bits per heavy atom. The van der Waals surface area contributed by atoms with Crippen molar-refractivity contribution >= 4 is 17.3 Å². The lowest BCUT2D eigenvalue weighted by Gasteiger charge is -2.18. The Morgan fingerprint density at radius 2 is 2.11 bits per heavy atom. The molecule has 2 aromatic rings. The van der Waals surface area contributed by atoms with E-state index in [-0.39, 0.29) is 11.7 Å². The van der Waals surface area contributed by atoms with Crippen molar-refractivity contribution in [3.05, 3.63) is 52.2 Å². The smallest absolute Gasteiger partial charge is 0.339 e. The van der Waals surface area contributed by atoms with Crippen LogP contribution in [-0.4, -0.2) is 11.1 Å². The van der Waals surface area contributed by atoms with Crippen LogP contribution >= 0.6 is 11.3 Å². The number of rotatable bonds is 6. The third kappa shape index (κ3) is 3.35. The number of carbonyl (C=O) groups is 1. The molecule has 4 heteroatoms. The molecule has 0 aliphatic rings. The molecule has 1 atom stereocenters. The van der Waals surface area contributed by atoms with Gasteiger partial charge in [-0.1, -0.05) is 31.5 Å². The number of carboxylic acids is 1. The number of carboxylic acid groups (broad SMARTS) is 1. The van der Waals surface area contributed by atoms with E-state index in [4.69, 9.17) is 9.84 Å². The molecule has 1 N–H and O–H groups in total. The molecule has 0 amide bonds. The summed E-state index contributed by atoms with van der Waals surface area (Å²) in [6, 6.07) is 10.8. The lowest BCUT2D eigenvalue weighted by molar-refractivity contribution is 0.0688. The fraction of sp³-hybridized carbons (Fsp3) is 0.267. The molecule has 100 valence electrons. The van der Waals surface area contributed by atoms with E-state index in [1.807, 2.05) is 17.5 Å². The summed E-state index contributed by atoms with van der Waals surface area (Å²) in [5, 5.41) is 11.2. The Hall–Kier alpha value is -1.81. The predicted molar refractivity (Wildman–Crippen MR) is 76.0 cm³/mol. The first-order chi connectivity index (χ1) is 9.22. The quantitative estimate of drug-likeness (QED) is 0.852. The molecule has 0 spiro atoms. The maximum absolute atomic E-state index is 11.2. The number of aromatic carboxylic acids is 1. The molecule has 1 aromatic heterocycles. The highest BCUT2D eigenvalue weighted by Gasteiger charge is 2.17. The van der Waals surface area contributed by atoms with Gasteiger partial charge in [0.15, 0.2) is 0 Å². The van der Waals surface area contributed by atoms with Gasteiger partial charge in [-0.3, -0.25) is 0 Å². The summed E-state index contributed by atoms with van der Waals surface area (Å²) in [5.74, 6) is -0.529. The molecule has 2 rings (SSSR count). The minimum absolute atomic E-state index is 0.0782. The monoisotopic (exact) mass is 276 g/mol. The molecule has 0 fully saturated rings. The summed E-state index contributed by atoms with van der Waals surface area (Å²) in [6.45, 7) is 2.09. The van der Waals surface area contributed by atoms with E-state index < -0.39 is 5.97 Å². The van der Waals surface area contributed by atoms with E-state index in [0.29, 0.717) is 5.75 Å². The first-order valence-electron chi connectivity index (χ1n) is 6.24. The first kappa shape index (κ1) is 13.6. The van der Waals surface area contributed by atoms with Gasteiger partial charge in [0, 0.05) is 4.88 Å². The van der Waals surface area contributed by atoms with Gasteiger partial charge in [0.2, 0.25) is 0 Å². The summed E-state index contributed by atoms with van der Waals surface area (Å²) in [4.78, 5) is 12.3. The van der Waals surface area contributed by atoms with Crippen LogP contribution in [-0.2, 0) is 0 Å². The first-order valence-corrected chi connectivity index (χ1v) is 7.12. The summed E-state index contributed by atoms with van der Waals surface area (Å²) in [5.41, 5.74) is 0.208. The van der Waals surface area contributed by atoms with Crippen LogP contribution in [0.4, 0.5) is 0 Å². The number of hydrogen-bond acceptors (Lipinski definition) is 3. The molecular formula is C15H16O3S. The van der Waals surface area contributed by atoms with Crippen molar-refractivity contribution in [1.82, 2.24) is 0 Å². The van der Waals surface area contributed by atoms with Gasteiger partial charge < -0.3 is 9.84 Å². The van der Waals surface area contributed by atoms with Gasteiger partial charge in [-0.25, -0.2) is 4.79 Å². The van der Waals surface area contributed by atoms with Gasteiger partial charge in [-0.2, -0.15) is 0 Å². The van der Waals surface area contributed by atoms with Crippen molar-refractivity contribution in [3.8, 4) is 5.75 Å². The zero-order valence-corrected chi connectivity index (χ0v) is 11.5. The molecule has 1 unspecified atom stereocenters. The third-order valence-electron chi connectivity index (χ3n) is 2.80. The highest BCUT2D eigenvalue weighted by atomic mass is 32.1. The maximum Gasteiger partial charge on any atom is 0.339 e. The van der Waals surface area contributed by atoms with Crippen LogP contribution in [0.15, 0.2) is 41.8 Å². The molecule has 0 saturated carbocycles. The predicted octanol–water partition coefficient (Wildman–Crippen LogP) is 4.37. The van der Waals surface area contributed by atoms with Crippen molar-refractivity contribution in [2.75, 3.05) is 0 Å². The number of para-hydroxylation sites is 1. The Bertz CT molecular complexity index is 534. The lowest BCUT2D eigenvalue weighted by atomic mass is 10.1. The molecule has 0 saturated heterocycles. The van der Waals surface area contributed by atoms with E-state index in [1.165, 1.54) is 0 Å². The molecule has 0 aliphatic heterocycles. The van der Waals surface area contributed by atoms with Gasteiger partial charge in [0.25, 0.3) is 0 Å². The second kappa shape index (κ2) is 6.38. The highest BCUT2D eigenvalue weighted by Crippen LogP contribution is 2.30.